The van der Waals surface area contributed by atoms with Gasteiger partial charge in [-0.05, 0) is 18.4 Å². The number of hydrogen-bond donors (Lipinski definition) is 0. The van der Waals surface area contributed by atoms with E-state index >= 15 is 0 Å². The lowest BCUT2D eigenvalue weighted by Crippen LogP contribution is -1.91. The smallest absolute Gasteiger partial charge is 0.258 e. The first-order valence-corrected chi connectivity index (χ1v) is 4.86. The molecule has 0 heterocycles. The molecular weight excluding hydrogens is 186 g/mol. The lowest BCUT2D eigenvalue weighted by Gasteiger charge is -1.99. The van der Waals surface area contributed by atoms with Gasteiger partial charge in [0.2, 0.25) is 0 Å². The van der Waals surface area contributed by atoms with E-state index in [2.05, 4.69) is 6.58 Å². The van der Waals surface area contributed by atoms with E-state index in [1.165, 1.54) is 12.1 Å². The van der Waals surface area contributed by atoms with Crippen LogP contribution in [0.25, 0.3) is 6.08 Å². The van der Waals surface area contributed by atoms with Gasteiger partial charge < -0.3 is 0 Å². The Hall–Kier alpha value is -1.29. The summed E-state index contributed by atoms with van der Waals surface area (Å²) in [7, 11) is 0. The Labute approximate surface area is 80.6 Å². The summed E-state index contributed by atoms with van der Waals surface area (Å²) in [5, 5.41) is 10.5. The van der Waals surface area contributed by atoms with Crippen molar-refractivity contribution in [2.24, 2.45) is 0 Å². The van der Waals surface area contributed by atoms with Crippen LogP contribution in [0.15, 0.2) is 29.7 Å². The number of nitro groups is 1. The summed E-state index contributed by atoms with van der Waals surface area (Å²) < 4.78 is 0. The van der Waals surface area contributed by atoms with E-state index in [0.29, 0.717) is 5.56 Å². The molecule has 1 aromatic carbocycles. The number of hydrogen-bond acceptors (Lipinski definition) is 3. The fourth-order valence-electron chi connectivity index (χ4n) is 0.989. The summed E-state index contributed by atoms with van der Waals surface area (Å²) in [6, 6.07) is 4.99. The van der Waals surface area contributed by atoms with E-state index in [-0.39, 0.29) is 5.69 Å². The van der Waals surface area contributed by atoms with E-state index in [1.807, 2.05) is 6.26 Å². The molecule has 0 aliphatic carbocycles. The predicted molar refractivity (Wildman–Crippen MR) is 55.0 cm³/mol. The van der Waals surface area contributed by atoms with E-state index in [0.717, 1.165) is 4.90 Å². The first kappa shape index (κ1) is 9.80. The second-order valence-corrected chi connectivity index (χ2v) is 3.27. The summed E-state index contributed by atoms with van der Waals surface area (Å²) >= 11 is 1.55. The van der Waals surface area contributed by atoms with Crippen molar-refractivity contribution in [3.05, 3.63) is 40.5 Å². The number of benzene rings is 1. The lowest BCUT2D eigenvalue weighted by atomic mass is 10.2. The highest BCUT2D eigenvalue weighted by Crippen LogP contribution is 2.25. The highest BCUT2D eigenvalue weighted by atomic mass is 32.2. The Kier molecular flexibility index (Phi) is 3.08. The van der Waals surface area contributed by atoms with Gasteiger partial charge in [0.15, 0.2) is 0 Å². The molecule has 0 radical (unpaired) electrons. The third kappa shape index (κ3) is 2.09. The Morgan fingerprint density at radius 1 is 1.62 bits per heavy atom. The lowest BCUT2D eigenvalue weighted by molar-refractivity contribution is -0.385. The SMILES string of the molecule is C=Cc1cc(SC)ccc1[N+](=O)[O-]. The number of nitro benzene ring substituents is 1. The van der Waals surface area contributed by atoms with Crippen LogP contribution in [0.4, 0.5) is 5.69 Å². The van der Waals surface area contributed by atoms with Crippen molar-refractivity contribution in [1.29, 1.82) is 0 Å². The molecule has 0 atom stereocenters. The highest BCUT2D eigenvalue weighted by molar-refractivity contribution is 7.98. The van der Waals surface area contributed by atoms with Gasteiger partial charge >= 0.3 is 0 Å². The largest absolute Gasteiger partial charge is 0.276 e. The Balaban J connectivity index is 3.23. The Morgan fingerprint density at radius 2 is 2.31 bits per heavy atom. The van der Waals surface area contributed by atoms with Crippen LogP contribution >= 0.6 is 11.8 Å². The summed E-state index contributed by atoms with van der Waals surface area (Å²) in [5.41, 5.74) is 0.671. The molecule has 0 amide bonds. The van der Waals surface area contributed by atoms with Crippen LogP contribution in [0.5, 0.6) is 0 Å². The molecule has 0 saturated heterocycles. The van der Waals surface area contributed by atoms with Crippen LogP contribution in [-0.4, -0.2) is 11.2 Å². The minimum Gasteiger partial charge on any atom is -0.258 e. The van der Waals surface area contributed by atoms with Crippen LogP contribution in [-0.2, 0) is 0 Å². The maximum absolute atomic E-state index is 10.5. The standard InChI is InChI=1S/C9H9NO2S/c1-3-7-6-8(13-2)4-5-9(7)10(11)12/h3-6H,1H2,2H3. The molecule has 0 aliphatic rings. The van der Waals surface area contributed by atoms with Gasteiger partial charge in [-0.1, -0.05) is 12.7 Å². The molecule has 1 aromatic rings. The van der Waals surface area contributed by atoms with Gasteiger partial charge in [-0.15, -0.1) is 11.8 Å². The van der Waals surface area contributed by atoms with E-state index in [4.69, 9.17) is 0 Å². The van der Waals surface area contributed by atoms with Gasteiger partial charge in [0, 0.05) is 11.0 Å². The first-order chi connectivity index (χ1) is 6.19. The van der Waals surface area contributed by atoms with Gasteiger partial charge in [-0.2, -0.15) is 0 Å². The molecule has 0 N–H and O–H groups in total. The van der Waals surface area contributed by atoms with Crippen LogP contribution in [0.2, 0.25) is 0 Å². The summed E-state index contributed by atoms with van der Waals surface area (Å²) in [5.74, 6) is 0. The quantitative estimate of drug-likeness (QED) is 0.423. The zero-order chi connectivity index (χ0) is 9.84. The molecule has 4 heteroatoms. The molecule has 0 aromatic heterocycles. The minimum atomic E-state index is -0.402. The second-order valence-electron chi connectivity index (χ2n) is 2.39. The van der Waals surface area contributed by atoms with Crippen LogP contribution in [0, 0.1) is 10.1 Å². The van der Waals surface area contributed by atoms with Gasteiger partial charge in [0.05, 0.1) is 10.5 Å². The monoisotopic (exact) mass is 195 g/mol. The zero-order valence-corrected chi connectivity index (χ0v) is 8.00. The van der Waals surface area contributed by atoms with Crippen molar-refractivity contribution in [3.8, 4) is 0 Å². The van der Waals surface area contributed by atoms with Crippen molar-refractivity contribution in [3.63, 3.8) is 0 Å². The molecule has 0 spiro atoms. The normalized spacial score (nSPS) is 9.62. The highest BCUT2D eigenvalue weighted by Gasteiger charge is 2.10. The van der Waals surface area contributed by atoms with Gasteiger partial charge in [-0.3, -0.25) is 10.1 Å². The summed E-state index contributed by atoms with van der Waals surface area (Å²) in [6.07, 6.45) is 3.42. The molecule has 1 rings (SSSR count). The van der Waals surface area contributed by atoms with E-state index in [9.17, 15) is 10.1 Å². The van der Waals surface area contributed by atoms with Crippen molar-refractivity contribution >= 4 is 23.5 Å². The average molecular weight is 195 g/mol. The summed E-state index contributed by atoms with van der Waals surface area (Å²) in [4.78, 5) is 11.1. The predicted octanol–water partition coefficient (Wildman–Crippen LogP) is 2.96. The van der Waals surface area contributed by atoms with Crippen molar-refractivity contribution in [2.45, 2.75) is 4.90 Å². The van der Waals surface area contributed by atoms with Crippen LogP contribution < -0.4 is 0 Å². The Morgan fingerprint density at radius 3 is 2.77 bits per heavy atom. The third-order valence-electron chi connectivity index (χ3n) is 1.65. The molecular formula is C9H9NO2S. The molecule has 3 nitrogen and oxygen atoms in total. The third-order valence-corrected chi connectivity index (χ3v) is 2.38. The van der Waals surface area contributed by atoms with Crippen LogP contribution in [0.1, 0.15) is 5.56 Å². The van der Waals surface area contributed by atoms with Crippen LogP contribution in [0.3, 0.4) is 0 Å². The van der Waals surface area contributed by atoms with Gasteiger partial charge in [-0.25, -0.2) is 0 Å². The van der Waals surface area contributed by atoms with E-state index < -0.39 is 4.92 Å². The molecule has 0 aliphatic heterocycles. The fourth-order valence-corrected chi connectivity index (χ4v) is 1.44. The minimum absolute atomic E-state index is 0.104. The molecule has 0 saturated carbocycles. The molecule has 68 valence electrons. The fraction of sp³-hybridized carbons (Fsp3) is 0.111. The number of nitrogens with zero attached hydrogens (tertiary/aromatic N) is 1. The molecule has 0 fully saturated rings. The average Bonchev–Trinajstić information content (AvgIpc) is 2.16. The maximum Gasteiger partial charge on any atom is 0.276 e. The first-order valence-electron chi connectivity index (χ1n) is 3.64. The Bertz CT molecular complexity index is 349. The molecule has 0 unspecified atom stereocenters. The van der Waals surface area contributed by atoms with E-state index in [1.54, 1.807) is 23.9 Å². The van der Waals surface area contributed by atoms with Crippen molar-refractivity contribution < 1.29 is 4.92 Å². The van der Waals surface area contributed by atoms with Gasteiger partial charge in [0.25, 0.3) is 5.69 Å². The molecule has 0 bridgehead atoms. The van der Waals surface area contributed by atoms with Gasteiger partial charge in [0.1, 0.15) is 0 Å². The number of rotatable bonds is 3. The second kappa shape index (κ2) is 4.09. The van der Waals surface area contributed by atoms with Crippen molar-refractivity contribution in [1.82, 2.24) is 0 Å². The van der Waals surface area contributed by atoms with Crippen molar-refractivity contribution in [2.75, 3.05) is 6.26 Å². The molecule has 13 heavy (non-hydrogen) atoms. The maximum atomic E-state index is 10.5. The number of thioether (sulfide) groups is 1. The topological polar surface area (TPSA) is 43.1 Å². The summed E-state index contributed by atoms with van der Waals surface area (Å²) in [6.45, 7) is 3.54. The zero-order valence-electron chi connectivity index (χ0n) is 7.19.